The fourth-order valence-electron chi connectivity index (χ4n) is 1.00. The van der Waals surface area contributed by atoms with Crippen molar-refractivity contribution in [1.29, 1.82) is 0 Å². The van der Waals surface area contributed by atoms with Crippen LogP contribution in [-0.2, 0) is 0 Å². The Morgan fingerprint density at radius 2 is 2.07 bits per heavy atom. The molecule has 0 aliphatic rings. The summed E-state index contributed by atoms with van der Waals surface area (Å²) in [6.07, 6.45) is 4.08. The molecule has 14 heavy (non-hydrogen) atoms. The number of anilines is 1. The zero-order chi connectivity index (χ0) is 10.4. The molecule has 74 valence electrons. The van der Waals surface area contributed by atoms with Crippen LogP contribution in [0, 0.1) is 0 Å². The van der Waals surface area contributed by atoms with Gasteiger partial charge in [-0.05, 0) is 29.9 Å². The van der Waals surface area contributed by atoms with Gasteiger partial charge in [0.05, 0.1) is 0 Å². The molecule has 0 unspecified atom stereocenters. The van der Waals surface area contributed by atoms with Gasteiger partial charge in [0, 0.05) is 11.0 Å². The molecule has 4 heteroatoms. The summed E-state index contributed by atoms with van der Waals surface area (Å²) in [5, 5.41) is 4.01. The number of rotatable bonds is 3. The molecular formula is C10H11BrN2S. The van der Waals surface area contributed by atoms with E-state index in [1.165, 1.54) is 0 Å². The number of hydrogen-bond acceptors (Lipinski definition) is 1. The highest BCUT2D eigenvalue weighted by atomic mass is 79.9. The zero-order valence-corrected chi connectivity index (χ0v) is 9.94. The standard InChI is InChI=1S/C10H11BrN2S/c11-7-1-2-8-3-5-9(6-4-8)13-10(12)14/h1-6H,7H2,(H3,12,13,14). The molecule has 0 radical (unpaired) electrons. The normalized spacial score (nSPS) is 10.4. The second-order valence-electron chi connectivity index (χ2n) is 2.67. The molecule has 1 aromatic carbocycles. The lowest BCUT2D eigenvalue weighted by Crippen LogP contribution is -2.18. The van der Waals surface area contributed by atoms with E-state index >= 15 is 0 Å². The monoisotopic (exact) mass is 270 g/mol. The van der Waals surface area contributed by atoms with E-state index in [4.69, 9.17) is 18.0 Å². The van der Waals surface area contributed by atoms with Gasteiger partial charge < -0.3 is 11.1 Å². The molecule has 0 bridgehead atoms. The Balaban J connectivity index is 2.68. The molecule has 2 nitrogen and oxygen atoms in total. The third kappa shape index (κ3) is 3.89. The van der Waals surface area contributed by atoms with E-state index in [0.29, 0.717) is 0 Å². The average molecular weight is 271 g/mol. The third-order valence-corrected chi connectivity index (χ3v) is 2.05. The number of nitrogens with one attached hydrogen (secondary N) is 1. The van der Waals surface area contributed by atoms with Gasteiger partial charge in [-0.3, -0.25) is 0 Å². The second-order valence-corrected chi connectivity index (χ2v) is 3.76. The van der Waals surface area contributed by atoms with Crippen LogP contribution >= 0.6 is 28.1 Å². The summed E-state index contributed by atoms with van der Waals surface area (Å²) in [4.78, 5) is 0. The summed E-state index contributed by atoms with van der Waals surface area (Å²) in [7, 11) is 0. The molecule has 0 aliphatic carbocycles. The van der Waals surface area contributed by atoms with Gasteiger partial charge in [-0.2, -0.15) is 0 Å². The molecule has 3 N–H and O–H groups in total. The maximum Gasteiger partial charge on any atom is 0.168 e. The van der Waals surface area contributed by atoms with Gasteiger partial charge in [0.1, 0.15) is 0 Å². The number of allylic oxidation sites excluding steroid dienone is 1. The first-order valence-electron chi connectivity index (χ1n) is 4.11. The molecule has 0 saturated heterocycles. The van der Waals surface area contributed by atoms with Gasteiger partial charge in [0.2, 0.25) is 0 Å². The highest BCUT2D eigenvalue weighted by molar-refractivity contribution is 9.09. The lowest BCUT2D eigenvalue weighted by atomic mass is 10.2. The molecular weight excluding hydrogens is 260 g/mol. The van der Waals surface area contributed by atoms with Gasteiger partial charge in [0.25, 0.3) is 0 Å². The van der Waals surface area contributed by atoms with Crippen LogP contribution in [0.2, 0.25) is 0 Å². The minimum atomic E-state index is 0.286. The van der Waals surface area contributed by atoms with E-state index in [-0.39, 0.29) is 5.11 Å². The summed E-state index contributed by atoms with van der Waals surface area (Å²) >= 11 is 8.05. The minimum Gasteiger partial charge on any atom is -0.376 e. The summed E-state index contributed by atoms with van der Waals surface area (Å²) in [6.45, 7) is 0. The van der Waals surface area contributed by atoms with Crippen molar-refractivity contribution >= 4 is 45.0 Å². The summed E-state index contributed by atoms with van der Waals surface area (Å²) in [5.74, 6) is 0. The van der Waals surface area contributed by atoms with Crippen molar-refractivity contribution in [3.05, 3.63) is 35.9 Å². The molecule has 0 spiro atoms. The summed E-state index contributed by atoms with van der Waals surface area (Å²) in [6, 6.07) is 7.87. The van der Waals surface area contributed by atoms with Crippen molar-refractivity contribution in [2.45, 2.75) is 0 Å². The maximum absolute atomic E-state index is 5.34. The van der Waals surface area contributed by atoms with E-state index in [1.54, 1.807) is 0 Å². The van der Waals surface area contributed by atoms with E-state index in [2.05, 4.69) is 21.2 Å². The molecule has 0 fully saturated rings. The lowest BCUT2D eigenvalue weighted by Gasteiger charge is -2.03. The van der Waals surface area contributed by atoms with Crippen LogP contribution in [0.25, 0.3) is 6.08 Å². The van der Waals surface area contributed by atoms with E-state index in [1.807, 2.05) is 36.4 Å². The van der Waals surface area contributed by atoms with Crippen LogP contribution < -0.4 is 11.1 Å². The van der Waals surface area contributed by atoms with Gasteiger partial charge >= 0.3 is 0 Å². The smallest absolute Gasteiger partial charge is 0.168 e. The quantitative estimate of drug-likeness (QED) is 0.655. The van der Waals surface area contributed by atoms with Crippen LogP contribution in [0.4, 0.5) is 5.69 Å². The Labute approximate surface area is 97.3 Å². The second kappa shape index (κ2) is 5.78. The molecule has 0 heterocycles. The molecule has 1 aromatic rings. The average Bonchev–Trinajstić information content (AvgIpc) is 2.16. The highest BCUT2D eigenvalue weighted by Gasteiger charge is 1.91. The van der Waals surface area contributed by atoms with Crippen LogP contribution in [-0.4, -0.2) is 10.4 Å². The molecule has 0 atom stereocenters. The van der Waals surface area contributed by atoms with Crippen LogP contribution in [0.5, 0.6) is 0 Å². The topological polar surface area (TPSA) is 38.0 Å². The minimum absolute atomic E-state index is 0.286. The highest BCUT2D eigenvalue weighted by Crippen LogP contribution is 2.10. The predicted molar refractivity (Wildman–Crippen MR) is 69.7 cm³/mol. The van der Waals surface area contributed by atoms with E-state index in [0.717, 1.165) is 16.6 Å². The van der Waals surface area contributed by atoms with E-state index < -0.39 is 0 Å². The first kappa shape index (κ1) is 11.2. The zero-order valence-electron chi connectivity index (χ0n) is 7.53. The van der Waals surface area contributed by atoms with Gasteiger partial charge in [-0.15, -0.1) is 0 Å². The summed E-state index contributed by atoms with van der Waals surface area (Å²) < 4.78 is 0. The van der Waals surface area contributed by atoms with Gasteiger partial charge in [-0.25, -0.2) is 0 Å². The number of thiocarbonyl (C=S) groups is 1. The molecule has 0 amide bonds. The molecule has 1 rings (SSSR count). The van der Waals surface area contributed by atoms with Crippen molar-refractivity contribution in [3.8, 4) is 0 Å². The Morgan fingerprint density at radius 1 is 1.43 bits per heavy atom. The van der Waals surface area contributed by atoms with Crippen molar-refractivity contribution in [1.82, 2.24) is 0 Å². The Kier molecular flexibility index (Phi) is 4.62. The van der Waals surface area contributed by atoms with Crippen LogP contribution in [0.1, 0.15) is 5.56 Å². The number of halogens is 1. The SMILES string of the molecule is NC(=S)Nc1ccc(C=CCBr)cc1. The Bertz CT molecular complexity index is 332. The van der Waals surface area contributed by atoms with Crippen LogP contribution in [0.15, 0.2) is 30.3 Å². The van der Waals surface area contributed by atoms with Gasteiger partial charge in [0.15, 0.2) is 5.11 Å². The predicted octanol–water partition coefficient (Wildman–Crippen LogP) is 2.75. The summed E-state index contributed by atoms with van der Waals surface area (Å²) in [5.41, 5.74) is 7.40. The molecule has 0 saturated carbocycles. The van der Waals surface area contributed by atoms with Crippen molar-refractivity contribution in [2.75, 3.05) is 10.6 Å². The third-order valence-electron chi connectivity index (χ3n) is 1.58. The fourth-order valence-corrected chi connectivity index (χ4v) is 1.31. The van der Waals surface area contributed by atoms with Crippen molar-refractivity contribution < 1.29 is 0 Å². The van der Waals surface area contributed by atoms with Crippen LogP contribution in [0.3, 0.4) is 0 Å². The number of nitrogens with two attached hydrogens (primary N) is 1. The number of alkyl halides is 1. The van der Waals surface area contributed by atoms with E-state index in [9.17, 15) is 0 Å². The largest absolute Gasteiger partial charge is 0.376 e. The number of benzene rings is 1. The first-order valence-corrected chi connectivity index (χ1v) is 5.64. The molecule has 0 aromatic heterocycles. The fraction of sp³-hybridized carbons (Fsp3) is 0.100. The Hall–Kier alpha value is -0.870. The molecule has 0 aliphatic heterocycles. The number of hydrogen-bond donors (Lipinski definition) is 2. The maximum atomic E-state index is 5.34. The lowest BCUT2D eigenvalue weighted by molar-refractivity contribution is 1.59. The van der Waals surface area contributed by atoms with Crippen molar-refractivity contribution in [3.63, 3.8) is 0 Å². The Morgan fingerprint density at radius 3 is 2.57 bits per heavy atom. The van der Waals surface area contributed by atoms with Gasteiger partial charge in [-0.1, -0.05) is 40.2 Å². The van der Waals surface area contributed by atoms with Crippen molar-refractivity contribution in [2.24, 2.45) is 5.73 Å². The first-order chi connectivity index (χ1) is 6.72.